The van der Waals surface area contributed by atoms with E-state index in [1.54, 1.807) is 0 Å². The van der Waals surface area contributed by atoms with E-state index in [4.69, 9.17) is 38.0 Å². The third-order valence-corrected chi connectivity index (χ3v) is 2.22. The first-order valence-electron chi connectivity index (χ1n) is 3.60. The highest BCUT2D eigenvalue weighted by atomic mass is 35.5. The first-order chi connectivity index (χ1) is 6.54. The number of rotatable bonds is 3. The highest BCUT2D eigenvalue weighted by molar-refractivity contribution is 6.43. The minimum absolute atomic E-state index is 0.0472. The van der Waals surface area contributed by atoms with Crippen molar-refractivity contribution in [3.63, 3.8) is 0 Å². The van der Waals surface area contributed by atoms with Crippen molar-refractivity contribution in [2.24, 2.45) is 0 Å². The van der Waals surface area contributed by atoms with Crippen LogP contribution in [0.2, 0.25) is 10.0 Å². The molecule has 0 aliphatic carbocycles. The number of benzene rings is 1. The summed E-state index contributed by atoms with van der Waals surface area (Å²) in [6.07, 6.45) is 0. The molecule has 0 saturated carbocycles. The van der Waals surface area contributed by atoms with Crippen molar-refractivity contribution >= 4 is 30.5 Å². The van der Waals surface area contributed by atoms with Gasteiger partial charge in [0, 0.05) is 12.1 Å². The minimum atomic E-state index is -1.95. The minimum Gasteiger partial charge on any atom is -0.511 e. The van der Waals surface area contributed by atoms with Crippen molar-refractivity contribution in [2.45, 2.75) is 0 Å². The van der Waals surface area contributed by atoms with Crippen LogP contribution in [0.15, 0.2) is 12.1 Å². The van der Waals surface area contributed by atoms with Crippen LogP contribution in [0.4, 0.5) is 0 Å². The molecule has 1 aromatic rings. The summed E-state index contributed by atoms with van der Waals surface area (Å²) in [6.45, 7) is 0. The van der Waals surface area contributed by atoms with E-state index in [1.165, 1.54) is 19.2 Å². The van der Waals surface area contributed by atoms with Gasteiger partial charge in [-0.05, 0) is 0 Å². The van der Waals surface area contributed by atoms with Crippen LogP contribution in [-0.4, -0.2) is 24.5 Å². The second-order valence-corrected chi connectivity index (χ2v) is 3.15. The maximum absolute atomic E-state index is 8.58. The Morgan fingerprint density at radius 1 is 1.29 bits per heavy atom. The molecule has 0 spiro atoms. The van der Waals surface area contributed by atoms with Crippen LogP contribution in [0.1, 0.15) is 0 Å². The first-order valence-corrected chi connectivity index (χ1v) is 4.36. The van der Waals surface area contributed by atoms with Crippen LogP contribution in [0.5, 0.6) is 11.5 Å². The molecule has 0 radical (unpaired) electrons. The van der Waals surface area contributed by atoms with Gasteiger partial charge in [0.25, 0.3) is 0 Å². The highest BCUT2D eigenvalue weighted by Crippen LogP contribution is 2.36. The van der Waals surface area contributed by atoms with Crippen LogP contribution in [-0.2, 0) is 0 Å². The zero-order chi connectivity index (χ0) is 10.7. The van der Waals surface area contributed by atoms with E-state index in [1.807, 2.05) is 0 Å². The van der Waals surface area contributed by atoms with Crippen molar-refractivity contribution in [3.8, 4) is 11.5 Å². The third-order valence-electron chi connectivity index (χ3n) is 1.44. The fourth-order valence-electron chi connectivity index (χ4n) is 0.857. The largest absolute Gasteiger partial charge is 0.707 e. The van der Waals surface area contributed by atoms with E-state index < -0.39 is 7.32 Å². The van der Waals surface area contributed by atoms with E-state index in [2.05, 4.69) is 4.65 Å². The summed E-state index contributed by atoms with van der Waals surface area (Å²) < 4.78 is 9.47. The SMILES string of the molecule is COc1cc(Cl)c(Cl)c(OB(O)O)c1. The van der Waals surface area contributed by atoms with E-state index in [-0.39, 0.29) is 15.8 Å². The van der Waals surface area contributed by atoms with Gasteiger partial charge in [-0.15, -0.1) is 0 Å². The average molecular weight is 237 g/mol. The molecule has 0 heterocycles. The Balaban J connectivity index is 3.07. The van der Waals surface area contributed by atoms with E-state index >= 15 is 0 Å². The first kappa shape index (κ1) is 11.5. The van der Waals surface area contributed by atoms with Gasteiger partial charge in [0.2, 0.25) is 0 Å². The lowest BCUT2D eigenvalue weighted by Gasteiger charge is -2.09. The van der Waals surface area contributed by atoms with Gasteiger partial charge in [-0.3, -0.25) is 0 Å². The van der Waals surface area contributed by atoms with Crippen molar-refractivity contribution < 1.29 is 19.4 Å². The summed E-state index contributed by atoms with van der Waals surface area (Å²) in [5, 5.41) is 17.5. The molecule has 0 unspecified atom stereocenters. The van der Waals surface area contributed by atoms with Gasteiger partial charge in [-0.25, -0.2) is 0 Å². The maximum Gasteiger partial charge on any atom is 0.707 e. The van der Waals surface area contributed by atoms with Gasteiger partial charge in [-0.2, -0.15) is 0 Å². The molecule has 1 rings (SSSR count). The van der Waals surface area contributed by atoms with Crippen LogP contribution in [0.3, 0.4) is 0 Å². The molecule has 0 aliphatic rings. The third kappa shape index (κ3) is 2.68. The number of halogens is 2. The quantitative estimate of drug-likeness (QED) is 0.778. The molecule has 0 aromatic heterocycles. The van der Waals surface area contributed by atoms with Gasteiger partial charge in [0.15, 0.2) is 0 Å². The molecule has 0 amide bonds. The normalized spacial score (nSPS) is 9.79. The summed E-state index contributed by atoms with van der Waals surface area (Å²) in [6, 6.07) is 2.88. The van der Waals surface area contributed by atoms with Crippen LogP contribution in [0, 0.1) is 0 Å². The summed E-state index contributed by atoms with van der Waals surface area (Å²) in [7, 11) is -0.505. The molecule has 7 heteroatoms. The second kappa shape index (κ2) is 4.75. The summed E-state index contributed by atoms with van der Waals surface area (Å²) in [4.78, 5) is 0. The molecule has 4 nitrogen and oxygen atoms in total. The Kier molecular flexibility index (Phi) is 3.89. The molecule has 0 bridgehead atoms. The van der Waals surface area contributed by atoms with Crippen molar-refractivity contribution in [1.29, 1.82) is 0 Å². The number of methoxy groups -OCH3 is 1. The van der Waals surface area contributed by atoms with Crippen LogP contribution < -0.4 is 9.39 Å². The fourth-order valence-corrected chi connectivity index (χ4v) is 1.21. The molecule has 14 heavy (non-hydrogen) atoms. The Bertz CT molecular complexity index is 332. The smallest absolute Gasteiger partial charge is 0.511 e. The number of ether oxygens (including phenoxy) is 1. The second-order valence-electron chi connectivity index (χ2n) is 2.37. The van der Waals surface area contributed by atoms with E-state index in [0.717, 1.165) is 0 Å². The van der Waals surface area contributed by atoms with E-state index in [9.17, 15) is 0 Å². The predicted molar refractivity (Wildman–Crippen MR) is 53.8 cm³/mol. The monoisotopic (exact) mass is 236 g/mol. The molecule has 1 aromatic carbocycles. The van der Waals surface area contributed by atoms with Gasteiger partial charge < -0.3 is 19.4 Å². The Hall–Kier alpha value is -0.615. The topological polar surface area (TPSA) is 58.9 Å². The van der Waals surface area contributed by atoms with Crippen LogP contribution in [0.25, 0.3) is 0 Å². The average Bonchev–Trinajstić information content (AvgIpc) is 2.11. The van der Waals surface area contributed by atoms with Crippen LogP contribution >= 0.6 is 23.2 Å². The lowest BCUT2D eigenvalue weighted by Crippen LogP contribution is -2.20. The molecule has 76 valence electrons. The summed E-state index contributed by atoms with van der Waals surface area (Å²) in [5.41, 5.74) is 0. The number of hydrogen-bond acceptors (Lipinski definition) is 4. The Labute approximate surface area is 91.1 Å². The van der Waals surface area contributed by atoms with Gasteiger partial charge in [0.1, 0.15) is 11.5 Å². The molecular weight excluding hydrogens is 230 g/mol. The molecule has 0 aliphatic heterocycles. The fraction of sp³-hybridized carbons (Fsp3) is 0.143. The maximum atomic E-state index is 8.58. The van der Waals surface area contributed by atoms with Gasteiger partial charge >= 0.3 is 7.32 Å². The molecule has 2 N–H and O–H groups in total. The highest BCUT2D eigenvalue weighted by Gasteiger charge is 2.16. The van der Waals surface area contributed by atoms with E-state index in [0.29, 0.717) is 5.75 Å². The molecule has 0 fully saturated rings. The van der Waals surface area contributed by atoms with Crippen molar-refractivity contribution in [1.82, 2.24) is 0 Å². The van der Waals surface area contributed by atoms with Crippen molar-refractivity contribution in [3.05, 3.63) is 22.2 Å². The lowest BCUT2D eigenvalue weighted by molar-refractivity contribution is 0.287. The number of hydrogen-bond donors (Lipinski definition) is 2. The summed E-state index contributed by atoms with van der Waals surface area (Å²) >= 11 is 11.5. The zero-order valence-electron chi connectivity index (χ0n) is 7.20. The Morgan fingerprint density at radius 2 is 1.93 bits per heavy atom. The molecule has 0 atom stereocenters. The zero-order valence-corrected chi connectivity index (χ0v) is 8.71. The predicted octanol–water partition coefficient (Wildman–Crippen LogP) is 1.35. The van der Waals surface area contributed by atoms with Gasteiger partial charge in [-0.1, -0.05) is 23.2 Å². The lowest BCUT2D eigenvalue weighted by atomic mass is 10.2. The van der Waals surface area contributed by atoms with Gasteiger partial charge in [0.05, 0.1) is 17.2 Å². The summed E-state index contributed by atoms with van der Waals surface area (Å²) in [5.74, 6) is 0.459. The molecular formula is C7H7BCl2O4. The Morgan fingerprint density at radius 3 is 2.43 bits per heavy atom. The standard InChI is InChI=1S/C7H7BCl2O4/c1-13-4-2-5(9)7(10)6(3-4)14-8(11)12/h2-3,11-12H,1H3. The molecule has 0 saturated heterocycles. The van der Waals surface area contributed by atoms with Crippen molar-refractivity contribution in [2.75, 3.05) is 7.11 Å².